The number of halogens is 4. The quantitative estimate of drug-likeness (QED) is 0.830. The molecule has 3 N–H and O–H groups in total. The number of hydrogen-bond acceptors (Lipinski definition) is 6. The highest BCUT2D eigenvalue weighted by atomic mass is 19.4. The predicted octanol–water partition coefficient (Wildman–Crippen LogP) is 2.25. The van der Waals surface area contributed by atoms with Crippen LogP contribution >= 0.6 is 0 Å². The van der Waals surface area contributed by atoms with E-state index in [1.165, 1.54) is 0 Å². The first-order chi connectivity index (χ1) is 10.2. The van der Waals surface area contributed by atoms with Gasteiger partial charge in [-0.1, -0.05) is 0 Å². The zero-order valence-electron chi connectivity index (χ0n) is 11.5. The summed E-state index contributed by atoms with van der Waals surface area (Å²) in [7, 11) is 0. The number of nitrogen functional groups attached to an aromatic ring is 1. The van der Waals surface area contributed by atoms with Crippen LogP contribution in [0.25, 0.3) is 5.57 Å². The number of rotatable bonds is 3. The van der Waals surface area contributed by atoms with Crippen molar-refractivity contribution >= 4 is 23.3 Å². The molecule has 0 bridgehead atoms. The SMILES string of the molecule is C[C@@H](Nc1nc(N)nc(C2=C(F)C(=O)CCC2)n1)C(F)(F)F. The standard InChI is InChI=1S/C12H13F4N5O/c1-5(12(14,15)16)18-11-20-9(19-10(17)21-11)6-3-2-4-7(22)8(6)13/h5H,2-4H2,1H3,(H3,17,18,19,20,21)/t5-/m1/s1. The minimum atomic E-state index is -4.51. The van der Waals surface area contributed by atoms with Crippen LogP contribution in [0.1, 0.15) is 32.0 Å². The van der Waals surface area contributed by atoms with E-state index in [4.69, 9.17) is 5.73 Å². The van der Waals surface area contributed by atoms with Crippen molar-refractivity contribution in [2.45, 2.75) is 38.4 Å². The first-order valence-corrected chi connectivity index (χ1v) is 6.45. The van der Waals surface area contributed by atoms with E-state index < -0.39 is 29.8 Å². The van der Waals surface area contributed by atoms with Gasteiger partial charge in [0.15, 0.2) is 17.4 Å². The predicted molar refractivity (Wildman–Crippen MR) is 70.3 cm³/mol. The molecule has 1 aliphatic rings. The molecular formula is C12H13F4N5O. The molecule has 0 spiro atoms. The van der Waals surface area contributed by atoms with Crippen LogP contribution in [-0.4, -0.2) is 33.0 Å². The average Bonchev–Trinajstić information content (AvgIpc) is 2.40. The van der Waals surface area contributed by atoms with E-state index in [2.05, 4.69) is 15.0 Å². The van der Waals surface area contributed by atoms with Crippen LogP contribution in [0, 0.1) is 0 Å². The summed E-state index contributed by atoms with van der Waals surface area (Å²) in [6.07, 6.45) is -3.82. The molecule has 0 fully saturated rings. The number of carbonyl (C=O) groups is 1. The van der Waals surface area contributed by atoms with Gasteiger partial charge >= 0.3 is 6.18 Å². The van der Waals surface area contributed by atoms with E-state index in [0.717, 1.165) is 6.92 Å². The fraction of sp³-hybridized carbons (Fsp3) is 0.500. The third-order valence-electron chi connectivity index (χ3n) is 3.10. The zero-order valence-corrected chi connectivity index (χ0v) is 11.5. The van der Waals surface area contributed by atoms with Gasteiger partial charge in [0.25, 0.3) is 0 Å². The van der Waals surface area contributed by atoms with Crippen molar-refractivity contribution in [3.8, 4) is 0 Å². The smallest absolute Gasteiger partial charge is 0.368 e. The van der Waals surface area contributed by atoms with Crippen molar-refractivity contribution in [3.05, 3.63) is 11.7 Å². The first kappa shape index (κ1) is 16.1. The van der Waals surface area contributed by atoms with Gasteiger partial charge in [0, 0.05) is 12.0 Å². The van der Waals surface area contributed by atoms with E-state index in [9.17, 15) is 22.4 Å². The maximum absolute atomic E-state index is 13.8. The number of carbonyl (C=O) groups excluding carboxylic acids is 1. The van der Waals surface area contributed by atoms with Gasteiger partial charge in [-0.15, -0.1) is 0 Å². The van der Waals surface area contributed by atoms with Crippen molar-refractivity contribution in [1.29, 1.82) is 0 Å². The third kappa shape index (κ3) is 3.49. The largest absolute Gasteiger partial charge is 0.408 e. The molecular weight excluding hydrogens is 306 g/mol. The first-order valence-electron chi connectivity index (χ1n) is 6.45. The molecule has 1 atom stereocenters. The number of hydrogen-bond donors (Lipinski definition) is 2. The molecule has 2 rings (SSSR count). The van der Waals surface area contributed by atoms with E-state index >= 15 is 0 Å². The number of allylic oxidation sites excluding steroid dienone is 2. The van der Waals surface area contributed by atoms with Gasteiger partial charge in [0.1, 0.15) is 6.04 Å². The van der Waals surface area contributed by atoms with Crippen molar-refractivity contribution < 1.29 is 22.4 Å². The van der Waals surface area contributed by atoms with Gasteiger partial charge in [0.2, 0.25) is 11.9 Å². The zero-order chi connectivity index (χ0) is 16.5. The Bertz CT molecular complexity index is 628. The molecule has 0 saturated heterocycles. The fourth-order valence-electron chi connectivity index (χ4n) is 1.89. The van der Waals surface area contributed by atoms with Crippen LogP contribution in [0.15, 0.2) is 5.83 Å². The summed E-state index contributed by atoms with van der Waals surface area (Å²) in [4.78, 5) is 22.3. The molecule has 0 saturated carbocycles. The topological polar surface area (TPSA) is 93.8 Å². The Morgan fingerprint density at radius 2 is 1.91 bits per heavy atom. The molecule has 1 aliphatic carbocycles. The van der Waals surface area contributed by atoms with E-state index in [-0.39, 0.29) is 30.2 Å². The maximum Gasteiger partial charge on any atom is 0.408 e. The number of alkyl halides is 3. The van der Waals surface area contributed by atoms with E-state index in [1.807, 2.05) is 5.32 Å². The summed E-state index contributed by atoms with van der Waals surface area (Å²) >= 11 is 0. The lowest BCUT2D eigenvalue weighted by atomic mass is 9.97. The summed E-state index contributed by atoms with van der Waals surface area (Å²) in [6, 6.07) is -1.92. The molecule has 1 aromatic heterocycles. The summed E-state index contributed by atoms with van der Waals surface area (Å²) < 4.78 is 51.4. The summed E-state index contributed by atoms with van der Waals surface area (Å²) in [5, 5.41) is 2.03. The second-order valence-electron chi connectivity index (χ2n) is 4.82. The lowest BCUT2D eigenvalue weighted by Crippen LogP contribution is -2.34. The Balaban J connectivity index is 2.35. The molecule has 0 amide bonds. The monoisotopic (exact) mass is 319 g/mol. The highest BCUT2D eigenvalue weighted by Crippen LogP contribution is 2.30. The summed E-state index contributed by atoms with van der Waals surface area (Å²) in [5.41, 5.74) is 5.36. The molecule has 22 heavy (non-hydrogen) atoms. The molecule has 0 aliphatic heterocycles. The van der Waals surface area contributed by atoms with Gasteiger partial charge in [-0.3, -0.25) is 4.79 Å². The lowest BCUT2D eigenvalue weighted by molar-refractivity contribution is -0.138. The number of Topliss-reactive ketones (excluding diaryl/α,β-unsaturated/α-hetero) is 1. The highest BCUT2D eigenvalue weighted by Gasteiger charge is 2.36. The van der Waals surface area contributed by atoms with Crippen LogP contribution in [0.4, 0.5) is 29.5 Å². The van der Waals surface area contributed by atoms with Gasteiger partial charge in [-0.25, -0.2) is 4.39 Å². The minimum Gasteiger partial charge on any atom is -0.368 e. The maximum atomic E-state index is 13.8. The van der Waals surface area contributed by atoms with Gasteiger partial charge in [-0.2, -0.15) is 28.1 Å². The Labute approximate surface area is 122 Å². The van der Waals surface area contributed by atoms with Crippen LogP contribution in [0.3, 0.4) is 0 Å². The van der Waals surface area contributed by atoms with Crippen LogP contribution in [-0.2, 0) is 4.79 Å². The number of aromatic nitrogens is 3. The van der Waals surface area contributed by atoms with Crippen LogP contribution in [0.2, 0.25) is 0 Å². The van der Waals surface area contributed by atoms with Crippen molar-refractivity contribution in [2.24, 2.45) is 0 Å². The second-order valence-corrected chi connectivity index (χ2v) is 4.82. The number of anilines is 2. The molecule has 1 aromatic rings. The van der Waals surface area contributed by atoms with Crippen LogP contribution in [0.5, 0.6) is 0 Å². The molecule has 0 unspecified atom stereocenters. The highest BCUT2D eigenvalue weighted by molar-refractivity contribution is 6.01. The Kier molecular flexibility index (Phi) is 4.29. The van der Waals surface area contributed by atoms with Gasteiger partial charge < -0.3 is 11.1 Å². The summed E-state index contributed by atoms with van der Waals surface area (Å²) in [5.74, 6) is -2.68. The molecule has 1 heterocycles. The van der Waals surface area contributed by atoms with Crippen molar-refractivity contribution in [2.75, 3.05) is 11.1 Å². The average molecular weight is 319 g/mol. The molecule has 0 radical (unpaired) electrons. The third-order valence-corrected chi connectivity index (χ3v) is 3.10. The van der Waals surface area contributed by atoms with Gasteiger partial charge in [0.05, 0.1) is 0 Å². The number of ketones is 1. The van der Waals surface area contributed by atoms with Gasteiger partial charge in [-0.05, 0) is 19.8 Å². The Morgan fingerprint density at radius 1 is 1.23 bits per heavy atom. The fourth-order valence-corrected chi connectivity index (χ4v) is 1.89. The van der Waals surface area contributed by atoms with Crippen molar-refractivity contribution in [1.82, 2.24) is 15.0 Å². The van der Waals surface area contributed by atoms with E-state index in [1.54, 1.807) is 0 Å². The second kappa shape index (κ2) is 5.85. The number of nitrogens with two attached hydrogens (primary N) is 1. The molecule has 120 valence electrons. The van der Waals surface area contributed by atoms with Crippen LogP contribution < -0.4 is 11.1 Å². The Morgan fingerprint density at radius 3 is 2.55 bits per heavy atom. The molecule has 6 nitrogen and oxygen atoms in total. The van der Waals surface area contributed by atoms with Crippen molar-refractivity contribution in [3.63, 3.8) is 0 Å². The van der Waals surface area contributed by atoms with E-state index in [0.29, 0.717) is 6.42 Å². The minimum absolute atomic E-state index is 0.0620. The molecule has 10 heteroatoms. The Hall–Kier alpha value is -2.26. The normalized spacial score (nSPS) is 17.6. The number of nitrogens with one attached hydrogen (secondary N) is 1. The number of nitrogens with zero attached hydrogens (tertiary/aromatic N) is 3. The molecule has 0 aromatic carbocycles. The summed E-state index contributed by atoms with van der Waals surface area (Å²) in [6.45, 7) is 0.879. The lowest BCUT2D eigenvalue weighted by Gasteiger charge is -2.18.